The molecular weight excluding hydrogens is 260 g/mol. The van der Waals surface area contributed by atoms with Gasteiger partial charge in [-0.1, -0.05) is 22.0 Å². The molecule has 0 spiro atoms. The lowest BCUT2D eigenvalue weighted by molar-refractivity contribution is 0.416. The number of nitrogens with zero attached hydrogens (tertiary/aromatic N) is 1. The molecule has 0 aliphatic carbocycles. The molecule has 1 aliphatic rings. The maximum Gasteiger partial charge on any atom is 0.151 e. The molecule has 78 valence electrons. The highest BCUT2D eigenvalue weighted by molar-refractivity contribution is 9.15. The van der Waals surface area contributed by atoms with Crippen molar-refractivity contribution in [1.82, 2.24) is 0 Å². The lowest BCUT2D eigenvalue weighted by atomic mass is 10.1. The Hall–Kier alpha value is -1.36. The van der Waals surface area contributed by atoms with E-state index >= 15 is 0 Å². The maximum absolute atomic E-state index is 10.6. The van der Waals surface area contributed by atoms with E-state index in [1.165, 1.54) is 7.11 Å². The summed E-state index contributed by atoms with van der Waals surface area (Å²) in [4.78, 5) is 10.6. The molecule has 1 aliphatic heterocycles. The van der Waals surface area contributed by atoms with E-state index in [-0.39, 0.29) is 0 Å². The molecule has 1 heterocycles. The Kier molecular flexibility index (Phi) is 2.73. The van der Waals surface area contributed by atoms with E-state index < -0.39 is 0 Å². The molecule has 0 amide bonds. The van der Waals surface area contributed by atoms with Gasteiger partial charge >= 0.3 is 0 Å². The molecule has 0 aromatic heterocycles. The Bertz CT molecular complexity index is 443. The third-order valence-electron chi connectivity index (χ3n) is 2.25. The first-order valence-electron chi connectivity index (χ1n) is 4.41. The Morgan fingerprint density at radius 2 is 2.33 bits per heavy atom. The smallest absolute Gasteiger partial charge is 0.151 e. The van der Waals surface area contributed by atoms with E-state index in [0.29, 0.717) is 11.4 Å². The number of fused-ring (bicyclic) bond motifs is 1. The van der Waals surface area contributed by atoms with Crippen LogP contribution in [0.3, 0.4) is 0 Å². The van der Waals surface area contributed by atoms with Crippen molar-refractivity contribution in [3.63, 3.8) is 0 Å². The molecular formula is C10H9BrN2O2. The Balaban J connectivity index is 2.60. The van der Waals surface area contributed by atoms with Gasteiger partial charge in [0.05, 0.1) is 7.11 Å². The fraction of sp³-hybridized carbons (Fsp3) is 0.200. The molecule has 5 heteroatoms. The van der Waals surface area contributed by atoms with Crippen LogP contribution in [0, 0.1) is 4.91 Å². The van der Waals surface area contributed by atoms with Crippen molar-refractivity contribution in [2.24, 2.45) is 5.18 Å². The van der Waals surface area contributed by atoms with Crippen LogP contribution in [0.15, 0.2) is 23.4 Å². The van der Waals surface area contributed by atoms with Gasteiger partial charge in [0.15, 0.2) is 5.69 Å². The fourth-order valence-electron chi connectivity index (χ4n) is 1.51. The normalized spacial score (nSPS) is 13.6. The maximum atomic E-state index is 10.6. The molecule has 0 saturated heterocycles. The zero-order valence-electron chi connectivity index (χ0n) is 8.08. The summed E-state index contributed by atoms with van der Waals surface area (Å²) in [6, 6.07) is 3.48. The van der Waals surface area contributed by atoms with E-state index in [0.717, 1.165) is 22.3 Å². The van der Waals surface area contributed by atoms with E-state index in [1.807, 2.05) is 6.08 Å². The summed E-state index contributed by atoms with van der Waals surface area (Å²) >= 11 is 3.45. The quantitative estimate of drug-likeness (QED) is 0.838. The van der Waals surface area contributed by atoms with Gasteiger partial charge in [-0.3, -0.25) is 0 Å². The van der Waals surface area contributed by atoms with Crippen LogP contribution in [0.1, 0.15) is 5.56 Å². The number of anilines is 1. The van der Waals surface area contributed by atoms with Crippen LogP contribution >= 0.6 is 15.9 Å². The summed E-state index contributed by atoms with van der Waals surface area (Å²) in [6.07, 6.45) is 2.01. The topological polar surface area (TPSA) is 50.7 Å². The minimum atomic E-state index is 0.311. The van der Waals surface area contributed by atoms with Gasteiger partial charge in [0.1, 0.15) is 5.75 Å². The number of rotatable bonds is 2. The van der Waals surface area contributed by atoms with Gasteiger partial charge in [0.2, 0.25) is 0 Å². The predicted molar refractivity (Wildman–Crippen MR) is 63.8 cm³/mol. The van der Waals surface area contributed by atoms with Crippen molar-refractivity contribution < 1.29 is 4.74 Å². The van der Waals surface area contributed by atoms with Crippen molar-refractivity contribution in [2.45, 2.75) is 0 Å². The second-order valence-electron chi connectivity index (χ2n) is 3.09. The zero-order valence-corrected chi connectivity index (χ0v) is 9.67. The van der Waals surface area contributed by atoms with E-state index in [1.54, 1.807) is 12.1 Å². The number of ether oxygens (including phenoxy) is 1. The van der Waals surface area contributed by atoms with Crippen LogP contribution in [0.4, 0.5) is 11.4 Å². The number of halogens is 1. The Morgan fingerprint density at radius 3 is 3.00 bits per heavy atom. The molecule has 1 aromatic carbocycles. The highest BCUT2D eigenvalue weighted by Crippen LogP contribution is 2.39. The molecule has 1 aromatic rings. The molecule has 0 radical (unpaired) electrons. The molecule has 4 nitrogen and oxygen atoms in total. The molecule has 2 rings (SSSR count). The summed E-state index contributed by atoms with van der Waals surface area (Å²) in [7, 11) is 1.52. The van der Waals surface area contributed by atoms with Gasteiger partial charge in [0, 0.05) is 22.3 Å². The number of benzene rings is 1. The zero-order chi connectivity index (χ0) is 10.8. The molecule has 0 bridgehead atoms. The summed E-state index contributed by atoms with van der Waals surface area (Å²) in [5, 5.41) is 6.08. The first-order chi connectivity index (χ1) is 7.26. The van der Waals surface area contributed by atoms with Gasteiger partial charge in [-0.25, -0.2) is 0 Å². The second-order valence-corrected chi connectivity index (χ2v) is 3.95. The van der Waals surface area contributed by atoms with Crippen LogP contribution in [-0.2, 0) is 0 Å². The minimum absolute atomic E-state index is 0.311. The van der Waals surface area contributed by atoms with Crippen LogP contribution in [-0.4, -0.2) is 13.7 Å². The van der Waals surface area contributed by atoms with Crippen molar-refractivity contribution in [3.05, 3.63) is 28.7 Å². The molecule has 15 heavy (non-hydrogen) atoms. The number of hydrogen-bond acceptors (Lipinski definition) is 4. The number of nitroso groups, excluding NO2 is 1. The van der Waals surface area contributed by atoms with Crippen molar-refractivity contribution in [1.29, 1.82) is 0 Å². The van der Waals surface area contributed by atoms with Crippen LogP contribution in [0.5, 0.6) is 5.75 Å². The predicted octanol–water partition coefficient (Wildman–Crippen LogP) is 3.25. The van der Waals surface area contributed by atoms with E-state index in [9.17, 15) is 4.91 Å². The number of nitrogens with one attached hydrogen (secondary N) is 1. The van der Waals surface area contributed by atoms with Crippen LogP contribution in [0.25, 0.3) is 4.48 Å². The lowest BCUT2D eigenvalue weighted by Crippen LogP contribution is -2.06. The average Bonchev–Trinajstić information content (AvgIpc) is 2.28. The van der Waals surface area contributed by atoms with Gasteiger partial charge < -0.3 is 10.1 Å². The number of methoxy groups -OCH3 is 1. The van der Waals surface area contributed by atoms with Gasteiger partial charge in [0.25, 0.3) is 0 Å². The molecule has 0 unspecified atom stereocenters. The first kappa shape index (κ1) is 10.2. The fourth-order valence-corrected chi connectivity index (χ4v) is 2.00. The Morgan fingerprint density at radius 1 is 1.53 bits per heavy atom. The molecule has 0 fully saturated rings. The average molecular weight is 269 g/mol. The van der Waals surface area contributed by atoms with Gasteiger partial charge in [-0.05, 0) is 17.3 Å². The molecule has 1 N–H and O–H groups in total. The largest absolute Gasteiger partial charge is 0.494 e. The summed E-state index contributed by atoms with van der Waals surface area (Å²) in [6.45, 7) is 0.734. The SMILES string of the molecule is COc1cc2c(cc1N=O)NCC=C2Br. The third kappa shape index (κ3) is 1.74. The van der Waals surface area contributed by atoms with Crippen molar-refractivity contribution in [2.75, 3.05) is 19.0 Å². The lowest BCUT2D eigenvalue weighted by Gasteiger charge is -2.17. The van der Waals surface area contributed by atoms with Gasteiger partial charge in [-0.15, -0.1) is 4.91 Å². The molecule has 0 saturated carbocycles. The van der Waals surface area contributed by atoms with Crippen molar-refractivity contribution >= 4 is 31.8 Å². The highest BCUT2D eigenvalue weighted by Gasteiger charge is 2.15. The summed E-state index contributed by atoms with van der Waals surface area (Å²) in [5.74, 6) is 0.484. The first-order valence-corrected chi connectivity index (χ1v) is 5.21. The van der Waals surface area contributed by atoms with E-state index in [2.05, 4.69) is 26.4 Å². The Labute approximate surface area is 95.4 Å². The summed E-state index contributed by atoms with van der Waals surface area (Å²) in [5.41, 5.74) is 2.18. The van der Waals surface area contributed by atoms with Gasteiger partial charge in [-0.2, -0.15) is 0 Å². The van der Waals surface area contributed by atoms with Crippen LogP contribution < -0.4 is 10.1 Å². The summed E-state index contributed by atoms with van der Waals surface area (Å²) < 4.78 is 6.07. The van der Waals surface area contributed by atoms with Crippen molar-refractivity contribution in [3.8, 4) is 5.75 Å². The van der Waals surface area contributed by atoms with E-state index in [4.69, 9.17) is 4.74 Å². The highest BCUT2D eigenvalue weighted by atomic mass is 79.9. The monoisotopic (exact) mass is 268 g/mol. The third-order valence-corrected chi connectivity index (χ3v) is 3.00. The second kappa shape index (κ2) is 4.02. The van der Waals surface area contributed by atoms with Crippen LogP contribution in [0.2, 0.25) is 0 Å². The molecule has 0 atom stereocenters. The number of hydrogen-bond donors (Lipinski definition) is 1. The minimum Gasteiger partial charge on any atom is -0.494 e. The standard InChI is InChI=1S/C10H9BrN2O2/c1-15-10-4-6-7(11)2-3-12-8(6)5-9(10)13-14/h2,4-5,12H,3H2,1H3.